The highest BCUT2D eigenvalue weighted by molar-refractivity contribution is 4.51. The first-order valence-corrected chi connectivity index (χ1v) is 15.7. The van der Waals surface area contributed by atoms with E-state index in [1.54, 1.807) is 0 Å². The van der Waals surface area contributed by atoms with Crippen LogP contribution in [-0.2, 0) is 0 Å². The lowest BCUT2D eigenvalue weighted by Gasteiger charge is -2.05. The Kier molecular flexibility index (Phi) is 225. The number of hydrogen-bond acceptors (Lipinski definition) is 0. The molecule has 3 rings (SSSR count). The van der Waals surface area contributed by atoms with Crippen LogP contribution < -0.4 is 0 Å². The lowest BCUT2D eigenvalue weighted by molar-refractivity contribution is 0.504. The van der Waals surface area contributed by atoms with Gasteiger partial charge in [-0.3, -0.25) is 0 Å². The summed E-state index contributed by atoms with van der Waals surface area (Å²) in [4.78, 5) is 0. The molecule has 0 amide bonds. The summed E-state index contributed by atoms with van der Waals surface area (Å²) in [5.74, 6) is 0.833. The Morgan fingerprint density at radius 2 is 0.250 bits per heavy atom. The monoisotopic (exact) mass is 467 g/mol. The Morgan fingerprint density at radius 3 is 0.250 bits per heavy atom. The van der Waals surface area contributed by atoms with Crippen molar-refractivity contribution in [3.63, 3.8) is 0 Å². The molecule has 0 radical (unpaired) electrons. The maximum absolute atomic E-state index is 2.17. The van der Waals surface area contributed by atoms with Gasteiger partial charge in [0.15, 0.2) is 0 Å². The summed E-state index contributed by atoms with van der Waals surface area (Å²) in [6, 6.07) is 0. The molecule has 0 heterocycles. The van der Waals surface area contributed by atoms with Gasteiger partial charge in [0, 0.05) is 0 Å². The van der Waals surface area contributed by atoms with Gasteiger partial charge in [-0.2, -0.15) is 0 Å². The maximum Gasteiger partial charge on any atom is -0.0500 e. The first kappa shape index (κ1) is 58.1. The molecule has 0 saturated heterocycles. The molecule has 3 fully saturated rings. The fourth-order valence-electron chi connectivity index (χ4n) is 0.750. The van der Waals surface area contributed by atoms with Gasteiger partial charge in [0.05, 0.1) is 0 Å². The molecule has 3 aliphatic carbocycles. The van der Waals surface area contributed by atoms with Crippen LogP contribution in [0.15, 0.2) is 0 Å². The van der Waals surface area contributed by atoms with E-state index in [1.165, 1.54) is 77.0 Å². The van der Waals surface area contributed by atoms with Crippen molar-refractivity contribution < 1.29 is 0 Å². The van der Waals surface area contributed by atoms with E-state index in [0.29, 0.717) is 0 Å². The molecule has 32 heavy (non-hydrogen) atoms. The Morgan fingerprint density at radius 1 is 0.219 bits per heavy atom. The van der Waals surface area contributed by atoms with E-state index < -0.39 is 0 Å². The van der Waals surface area contributed by atoms with E-state index in [2.05, 4.69) is 20.8 Å². The van der Waals surface area contributed by atoms with E-state index in [9.17, 15) is 0 Å². The highest BCUT2D eigenvalue weighted by atomic mass is 14.0. The van der Waals surface area contributed by atoms with E-state index in [4.69, 9.17) is 0 Å². The van der Waals surface area contributed by atoms with Crippen LogP contribution in [0.25, 0.3) is 0 Å². The lowest BCUT2D eigenvalue weighted by atomic mass is 10.0. The summed E-state index contributed by atoms with van der Waals surface area (Å²) in [5.41, 5.74) is 0. The summed E-state index contributed by atoms with van der Waals surface area (Å²) >= 11 is 0. The van der Waals surface area contributed by atoms with Gasteiger partial charge in [0.2, 0.25) is 0 Å². The molecule has 3 aliphatic rings. The average Bonchev–Trinajstić information content (AvgIpc) is 2.75. The van der Waals surface area contributed by atoms with Crippen molar-refractivity contribution in [3.05, 3.63) is 0 Å². The van der Waals surface area contributed by atoms with E-state index >= 15 is 0 Å². The quantitative estimate of drug-likeness (QED) is 0.333. The molecule has 0 aromatic heterocycles. The van der Waals surface area contributed by atoms with Crippen LogP contribution in [0.2, 0.25) is 0 Å². The fraction of sp³-hybridized carbons (Fsp3) is 1.00. The summed E-state index contributed by atoms with van der Waals surface area (Å²) < 4.78 is 0. The topological polar surface area (TPSA) is 0 Å². The Hall–Kier alpha value is 0. The first-order valence-electron chi connectivity index (χ1n) is 15.7. The molecule has 0 bridgehead atoms. The van der Waals surface area contributed by atoms with Crippen LogP contribution in [0.1, 0.15) is 209 Å². The smallest absolute Gasteiger partial charge is 0.0500 e. The number of hydrogen-bond donors (Lipinski definition) is 0. The summed E-state index contributed by atoms with van der Waals surface area (Å²) in [6.45, 7) is 38.5. The van der Waals surface area contributed by atoms with Crippen LogP contribution in [0.3, 0.4) is 0 Å². The third-order valence-corrected chi connectivity index (χ3v) is 3.00. The third kappa shape index (κ3) is 175. The van der Waals surface area contributed by atoms with Crippen LogP contribution >= 0.6 is 0 Å². The number of rotatable bonds is 0. The van der Waals surface area contributed by atoms with Crippen molar-refractivity contribution in [2.75, 3.05) is 0 Å². The van der Waals surface area contributed by atoms with Crippen LogP contribution in [0, 0.1) is 5.92 Å². The van der Waals surface area contributed by atoms with E-state index in [1.807, 2.05) is 111 Å². The second-order valence-electron chi connectivity index (χ2n) is 5.97. The second-order valence-corrected chi connectivity index (χ2v) is 5.97. The zero-order valence-corrected chi connectivity index (χ0v) is 28.1. The normalized spacial score (nSPS) is 11.6. The minimum absolute atomic E-state index is 0.833. The van der Waals surface area contributed by atoms with Crippen LogP contribution in [0.5, 0.6) is 0 Å². The van der Waals surface area contributed by atoms with Gasteiger partial charge in [-0.15, -0.1) is 0 Å². The predicted octanol–water partition coefficient (Wildman–Crippen LogP) is 14.6. The van der Waals surface area contributed by atoms with Gasteiger partial charge in [-0.1, -0.05) is 209 Å². The largest absolute Gasteiger partial charge is 0.0683 e. The highest BCUT2D eigenvalue weighted by Crippen LogP contribution is 2.15. The predicted molar refractivity (Wildman–Crippen MR) is 167 cm³/mol. The van der Waals surface area contributed by atoms with Crippen molar-refractivity contribution in [2.45, 2.75) is 209 Å². The van der Waals surface area contributed by atoms with Crippen molar-refractivity contribution in [1.82, 2.24) is 0 Å². The van der Waals surface area contributed by atoms with Crippen molar-refractivity contribution >= 4 is 0 Å². The molecule has 0 aromatic carbocycles. The Labute approximate surface area is 214 Å². The van der Waals surface area contributed by atoms with E-state index in [-0.39, 0.29) is 0 Å². The van der Waals surface area contributed by atoms with Crippen LogP contribution in [0.4, 0.5) is 0 Å². The molecule has 0 atom stereocenters. The lowest BCUT2D eigenvalue weighted by Crippen LogP contribution is -1.85. The molecule has 0 unspecified atom stereocenters. The van der Waals surface area contributed by atoms with Gasteiger partial charge in [-0.05, 0) is 5.92 Å². The van der Waals surface area contributed by atoms with Crippen molar-refractivity contribution in [1.29, 1.82) is 0 Å². The fourth-order valence-corrected chi connectivity index (χ4v) is 0.750. The van der Waals surface area contributed by atoms with Crippen LogP contribution in [-0.4, -0.2) is 0 Å². The van der Waals surface area contributed by atoms with Gasteiger partial charge in [-0.25, -0.2) is 0 Å². The zero-order valence-electron chi connectivity index (χ0n) is 28.1. The molecule has 210 valence electrons. The third-order valence-electron chi connectivity index (χ3n) is 3.00. The summed E-state index contributed by atoms with van der Waals surface area (Å²) in [5, 5.41) is 0. The highest BCUT2D eigenvalue weighted by Gasteiger charge is 1.96. The first-order chi connectivity index (χ1) is 15.7. The Bertz CT molecular complexity index is 69.4. The molecule has 0 aromatic rings. The van der Waals surface area contributed by atoms with Gasteiger partial charge >= 0.3 is 0 Å². The summed E-state index contributed by atoms with van der Waals surface area (Å²) in [7, 11) is 0. The van der Waals surface area contributed by atoms with Crippen molar-refractivity contribution in [2.24, 2.45) is 5.92 Å². The second kappa shape index (κ2) is 124. The summed E-state index contributed by atoms with van der Waals surface area (Å²) in [6.07, 6.45) is 18.0. The Balaban J connectivity index is -0.0000000264. The zero-order chi connectivity index (χ0) is 28.1. The minimum Gasteiger partial charge on any atom is -0.0683 e. The molecular weight excluding hydrogens is 384 g/mol. The van der Waals surface area contributed by atoms with Crippen molar-refractivity contribution in [3.8, 4) is 0 Å². The maximum atomic E-state index is 2.17. The van der Waals surface area contributed by atoms with E-state index in [0.717, 1.165) is 5.92 Å². The molecule has 0 spiro atoms. The van der Waals surface area contributed by atoms with Gasteiger partial charge in [0.25, 0.3) is 0 Å². The molecular formula is C32H82. The molecule has 0 nitrogen and oxygen atoms in total. The molecule has 0 heteroatoms. The molecule has 0 aliphatic heterocycles. The molecule has 0 N–H and O–H groups in total. The average molecular weight is 467 g/mol. The molecule has 3 saturated carbocycles. The van der Waals surface area contributed by atoms with Gasteiger partial charge < -0.3 is 0 Å². The SMILES string of the molecule is C1CCC1.C1CCC1.C1CCC1.CC.CC.CC.CC.CC.CC.CC.CC.CC(C)C. The standard InChI is InChI=1S/3C4H8.C4H10.8C2H6/c3*1-2-4-3-1;1-4(2)3;8*1-2/h3*1-4H2;4H,1-3H3;8*1-2H3. The minimum atomic E-state index is 0.833. The van der Waals surface area contributed by atoms with Gasteiger partial charge in [0.1, 0.15) is 0 Å².